The van der Waals surface area contributed by atoms with Crippen molar-refractivity contribution in [2.75, 3.05) is 5.32 Å². The van der Waals surface area contributed by atoms with E-state index in [0.717, 1.165) is 0 Å². The van der Waals surface area contributed by atoms with Crippen LogP contribution in [0.5, 0.6) is 5.75 Å². The van der Waals surface area contributed by atoms with Gasteiger partial charge in [0.15, 0.2) is 0 Å². The number of hydrogen-bond acceptors (Lipinski definition) is 3. The van der Waals surface area contributed by atoms with Crippen LogP contribution in [0.3, 0.4) is 0 Å². The number of benzene rings is 1. The molecule has 2 aromatic heterocycles. The highest BCUT2D eigenvalue weighted by Gasteiger charge is 2.11. The average Bonchev–Trinajstić information content (AvgIpc) is 2.84. The van der Waals surface area contributed by atoms with Gasteiger partial charge >= 0.3 is 0 Å². The van der Waals surface area contributed by atoms with Crippen LogP contribution in [0, 0.1) is 0 Å². The first kappa shape index (κ1) is 12.5. The average molecular weight is 288 g/mol. The summed E-state index contributed by atoms with van der Waals surface area (Å²) in [6, 6.07) is 9.67. The first-order valence-corrected chi connectivity index (χ1v) is 6.24. The summed E-state index contributed by atoms with van der Waals surface area (Å²) in [5.74, 6) is -0.180. The minimum absolute atomic E-state index is 0.144. The molecule has 5 nitrogen and oxygen atoms in total. The van der Waals surface area contributed by atoms with Crippen molar-refractivity contribution in [2.24, 2.45) is 0 Å². The number of aromatic nitrogens is 2. The van der Waals surface area contributed by atoms with Gasteiger partial charge in [-0.25, -0.2) is 4.98 Å². The fraction of sp³-hybridized carbons (Fsp3) is 0. The summed E-state index contributed by atoms with van der Waals surface area (Å²) in [5.41, 5.74) is 1.52. The van der Waals surface area contributed by atoms with Crippen LogP contribution in [0.4, 0.5) is 5.69 Å². The second-order valence-corrected chi connectivity index (χ2v) is 4.68. The molecule has 100 valence electrons. The molecule has 0 unspecified atom stereocenters. The first-order valence-electron chi connectivity index (χ1n) is 5.86. The minimum atomic E-state index is -0.324. The number of carbonyl (C=O) groups is 1. The largest absolute Gasteiger partial charge is 0.508 e. The molecule has 3 rings (SSSR count). The summed E-state index contributed by atoms with van der Waals surface area (Å²) in [6.07, 6.45) is 3.29. The number of hydrogen-bond donors (Lipinski definition) is 2. The van der Waals surface area contributed by atoms with E-state index in [9.17, 15) is 9.90 Å². The zero-order chi connectivity index (χ0) is 14.1. The highest BCUT2D eigenvalue weighted by molar-refractivity contribution is 6.30. The topological polar surface area (TPSA) is 66.6 Å². The van der Waals surface area contributed by atoms with Gasteiger partial charge in [0, 0.05) is 18.1 Å². The van der Waals surface area contributed by atoms with Crippen molar-refractivity contribution in [3.05, 3.63) is 59.5 Å². The lowest BCUT2D eigenvalue weighted by Crippen LogP contribution is -2.12. The number of phenolic OH excluding ortho intramolecular Hbond substituents is 1. The molecule has 0 spiro atoms. The quantitative estimate of drug-likeness (QED) is 0.712. The third-order valence-corrected chi connectivity index (χ3v) is 3.00. The van der Waals surface area contributed by atoms with Gasteiger partial charge in [-0.1, -0.05) is 11.6 Å². The van der Waals surface area contributed by atoms with Gasteiger partial charge in [-0.05, 0) is 36.4 Å². The summed E-state index contributed by atoms with van der Waals surface area (Å²) in [5, 5.41) is 12.5. The number of pyridine rings is 1. The fourth-order valence-corrected chi connectivity index (χ4v) is 1.98. The number of rotatable bonds is 2. The van der Waals surface area contributed by atoms with Crippen LogP contribution in [-0.2, 0) is 0 Å². The Morgan fingerprint density at radius 1 is 1.15 bits per heavy atom. The predicted molar refractivity (Wildman–Crippen MR) is 76.3 cm³/mol. The minimum Gasteiger partial charge on any atom is -0.508 e. The summed E-state index contributed by atoms with van der Waals surface area (Å²) in [7, 11) is 0. The summed E-state index contributed by atoms with van der Waals surface area (Å²) < 4.78 is 1.69. The molecule has 0 bridgehead atoms. The lowest BCUT2D eigenvalue weighted by atomic mass is 10.3. The Bertz CT molecular complexity index is 781. The summed E-state index contributed by atoms with van der Waals surface area (Å²) in [6.45, 7) is 0. The molecule has 3 aromatic rings. The van der Waals surface area contributed by atoms with Gasteiger partial charge in [-0.15, -0.1) is 0 Å². The Labute approximate surface area is 119 Å². The molecule has 0 atom stereocenters. The number of halogens is 1. The van der Waals surface area contributed by atoms with Crippen LogP contribution >= 0.6 is 11.6 Å². The maximum absolute atomic E-state index is 12.1. The Kier molecular flexibility index (Phi) is 3.04. The summed E-state index contributed by atoms with van der Waals surface area (Å²) in [4.78, 5) is 16.3. The molecular formula is C14H10ClN3O2. The van der Waals surface area contributed by atoms with Crippen LogP contribution < -0.4 is 5.32 Å². The van der Waals surface area contributed by atoms with Crippen LogP contribution in [0.1, 0.15) is 10.5 Å². The molecule has 0 saturated heterocycles. The number of nitrogens with zero attached hydrogens (tertiary/aromatic N) is 2. The maximum atomic E-state index is 12.1. The zero-order valence-corrected chi connectivity index (χ0v) is 11.0. The number of aromatic hydroxyl groups is 1. The fourth-order valence-electron chi connectivity index (χ4n) is 1.81. The monoisotopic (exact) mass is 287 g/mol. The number of carbonyl (C=O) groups excluding carboxylic acids is 1. The molecule has 20 heavy (non-hydrogen) atoms. The Balaban J connectivity index is 1.86. The van der Waals surface area contributed by atoms with E-state index in [0.29, 0.717) is 22.1 Å². The number of phenols is 1. The Morgan fingerprint density at radius 2 is 1.90 bits per heavy atom. The first-order chi connectivity index (χ1) is 9.61. The van der Waals surface area contributed by atoms with E-state index >= 15 is 0 Å². The molecular weight excluding hydrogens is 278 g/mol. The number of nitrogens with one attached hydrogen (secondary N) is 1. The Morgan fingerprint density at radius 3 is 2.65 bits per heavy atom. The molecule has 1 amide bonds. The number of imidazole rings is 1. The van der Waals surface area contributed by atoms with E-state index < -0.39 is 0 Å². The second-order valence-electron chi connectivity index (χ2n) is 4.24. The molecule has 0 saturated carbocycles. The van der Waals surface area contributed by atoms with Gasteiger partial charge < -0.3 is 14.8 Å². The predicted octanol–water partition coefficient (Wildman–Crippen LogP) is 2.95. The van der Waals surface area contributed by atoms with E-state index in [1.165, 1.54) is 12.1 Å². The molecule has 0 fully saturated rings. The molecule has 0 aliphatic carbocycles. The molecule has 6 heteroatoms. The van der Waals surface area contributed by atoms with Crippen molar-refractivity contribution in [3.8, 4) is 5.75 Å². The van der Waals surface area contributed by atoms with E-state index in [1.807, 2.05) is 0 Å². The molecule has 0 radical (unpaired) electrons. The van der Waals surface area contributed by atoms with Gasteiger partial charge in [0.25, 0.3) is 5.91 Å². The van der Waals surface area contributed by atoms with Crippen molar-refractivity contribution >= 4 is 28.8 Å². The van der Waals surface area contributed by atoms with E-state index in [1.54, 1.807) is 41.1 Å². The van der Waals surface area contributed by atoms with Crippen molar-refractivity contribution in [1.29, 1.82) is 0 Å². The third-order valence-electron chi connectivity index (χ3n) is 2.77. The van der Waals surface area contributed by atoms with Crippen molar-refractivity contribution < 1.29 is 9.90 Å². The highest BCUT2D eigenvalue weighted by Crippen LogP contribution is 2.16. The zero-order valence-electron chi connectivity index (χ0n) is 10.2. The third kappa shape index (κ3) is 2.44. The van der Waals surface area contributed by atoms with Crippen molar-refractivity contribution in [3.63, 3.8) is 0 Å². The van der Waals surface area contributed by atoms with Gasteiger partial charge in [0.2, 0.25) is 0 Å². The number of fused-ring (bicyclic) bond motifs is 1. The van der Waals surface area contributed by atoms with Gasteiger partial charge in [-0.3, -0.25) is 4.79 Å². The van der Waals surface area contributed by atoms with Crippen molar-refractivity contribution in [1.82, 2.24) is 9.38 Å². The highest BCUT2D eigenvalue weighted by atomic mass is 35.5. The SMILES string of the molecule is O=C(Nc1ccc(O)cc1)c1cn2cc(Cl)ccc2n1. The molecule has 1 aromatic carbocycles. The van der Waals surface area contributed by atoms with E-state index in [-0.39, 0.29) is 11.7 Å². The van der Waals surface area contributed by atoms with Crippen LogP contribution in [0.15, 0.2) is 48.8 Å². The van der Waals surface area contributed by atoms with E-state index in [2.05, 4.69) is 10.3 Å². The normalized spacial score (nSPS) is 10.7. The second kappa shape index (κ2) is 4.86. The van der Waals surface area contributed by atoms with Crippen LogP contribution in [-0.4, -0.2) is 20.4 Å². The molecule has 0 aliphatic rings. The number of amides is 1. The molecule has 2 heterocycles. The van der Waals surface area contributed by atoms with Crippen LogP contribution in [0.2, 0.25) is 5.02 Å². The molecule has 2 N–H and O–H groups in total. The Hall–Kier alpha value is -2.53. The lowest BCUT2D eigenvalue weighted by molar-refractivity contribution is 0.102. The van der Waals surface area contributed by atoms with Gasteiger partial charge in [-0.2, -0.15) is 0 Å². The van der Waals surface area contributed by atoms with Crippen molar-refractivity contribution in [2.45, 2.75) is 0 Å². The van der Waals surface area contributed by atoms with E-state index in [4.69, 9.17) is 11.6 Å². The lowest BCUT2D eigenvalue weighted by Gasteiger charge is -2.02. The smallest absolute Gasteiger partial charge is 0.275 e. The van der Waals surface area contributed by atoms with Gasteiger partial charge in [0.1, 0.15) is 17.1 Å². The van der Waals surface area contributed by atoms with Crippen LogP contribution in [0.25, 0.3) is 5.65 Å². The maximum Gasteiger partial charge on any atom is 0.275 e. The number of anilines is 1. The molecule has 0 aliphatic heterocycles. The summed E-state index contributed by atoms with van der Waals surface area (Å²) >= 11 is 5.88. The van der Waals surface area contributed by atoms with Gasteiger partial charge in [0.05, 0.1) is 5.02 Å². The standard InChI is InChI=1S/C14H10ClN3O2/c15-9-1-6-13-17-12(8-18(13)7-9)14(20)16-10-2-4-11(19)5-3-10/h1-8,19H,(H,16,20).